The summed E-state index contributed by atoms with van der Waals surface area (Å²) in [6.45, 7) is 2.71. The van der Waals surface area contributed by atoms with Gasteiger partial charge in [0.25, 0.3) is 0 Å². The Labute approximate surface area is 137 Å². The fraction of sp³-hybridized carbons (Fsp3) is 0.316. The van der Waals surface area contributed by atoms with E-state index in [-0.39, 0.29) is 18.2 Å². The van der Waals surface area contributed by atoms with Crippen LogP contribution in [0.15, 0.2) is 42.5 Å². The van der Waals surface area contributed by atoms with Crippen LogP contribution in [0.4, 0.5) is 0 Å². The second kappa shape index (κ2) is 6.23. The third-order valence-corrected chi connectivity index (χ3v) is 4.66. The number of hydrogen-bond acceptors (Lipinski definition) is 2. The number of nitrogens with zero attached hydrogens (tertiary/aromatic N) is 1. The zero-order chi connectivity index (χ0) is 14.2. The van der Waals surface area contributed by atoms with Gasteiger partial charge in [0, 0.05) is 5.56 Å². The highest BCUT2D eigenvalue weighted by molar-refractivity contribution is 6.06. The van der Waals surface area contributed by atoms with E-state index in [1.807, 2.05) is 6.07 Å². The topological polar surface area (TPSA) is 20.3 Å². The number of ketones is 1. The molecule has 1 heterocycles. The highest BCUT2D eigenvalue weighted by atomic mass is 35.5. The van der Waals surface area contributed by atoms with Crippen LogP contribution in [0.25, 0.3) is 22.3 Å². The van der Waals surface area contributed by atoms with Gasteiger partial charge in [-0.25, -0.2) is 0 Å². The molecule has 1 fully saturated rings. The molecule has 2 nitrogen and oxygen atoms in total. The lowest BCUT2D eigenvalue weighted by molar-refractivity contribution is 0.0916. The molecule has 0 aromatic heterocycles. The Morgan fingerprint density at radius 3 is 2.23 bits per heavy atom. The molecule has 0 N–H and O–H groups in total. The maximum absolute atomic E-state index is 12.5. The van der Waals surface area contributed by atoms with E-state index in [4.69, 9.17) is 0 Å². The van der Waals surface area contributed by atoms with E-state index in [9.17, 15) is 4.79 Å². The van der Waals surface area contributed by atoms with Gasteiger partial charge in [0.2, 0.25) is 0 Å². The average molecular weight is 314 g/mol. The first-order valence-corrected chi connectivity index (χ1v) is 7.82. The Kier molecular flexibility index (Phi) is 4.32. The summed E-state index contributed by atoms with van der Waals surface area (Å²) < 4.78 is 0. The third-order valence-electron chi connectivity index (χ3n) is 4.66. The fourth-order valence-electron chi connectivity index (χ4n) is 3.48. The highest BCUT2D eigenvalue weighted by Crippen LogP contribution is 2.46. The van der Waals surface area contributed by atoms with E-state index in [2.05, 4.69) is 41.3 Å². The minimum atomic E-state index is 0. The molecule has 3 heteroatoms. The van der Waals surface area contributed by atoms with Crippen molar-refractivity contribution in [3.05, 3.63) is 48.0 Å². The van der Waals surface area contributed by atoms with E-state index < -0.39 is 0 Å². The Bertz CT molecular complexity index is 704. The molecule has 0 unspecified atom stereocenters. The Morgan fingerprint density at radius 2 is 1.50 bits per heavy atom. The fourth-order valence-corrected chi connectivity index (χ4v) is 3.48. The van der Waals surface area contributed by atoms with Crippen LogP contribution >= 0.6 is 12.4 Å². The van der Waals surface area contributed by atoms with Crippen molar-refractivity contribution in [1.29, 1.82) is 0 Å². The van der Waals surface area contributed by atoms with Crippen LogP contribution in [0.5, 0.6) is 0 Å². The summed E-state index contributed by atoms with van der Waals surface area (Å²) in [5.41, 5.74) is 5.95. The zero-order valence-electron chi connectivity index (χ0n) is 12.5. The minimum absolute atomic E-state index is 0. The SMILES string of the molecule is Cl.O=C(CN1CCCCC1)c1ccc2c(c1)-c1ccccc1-2. The maximum atomic E-state index is 12.5. The Morgan fingerprint density at radius 1 is 0.864 bits per heavy atom. The van der Waals surface area contributed by atoms with E-state index in [0.29, 0.717) is 6.54 Å². The maximum Gasteiger partial charge on any atom is 0.176 e. The van der Waals surface area contributed by atoms with E-state index in [1.165, 1.54) is 41.5 Å². The van der Waals surface area contributed by atoms with Crippen molar-refractivity contribution in [3.63, 3.8) is 0 Å². The van der Waals surface area contributed by atoms with Gasteiger partial charge in [-0.1, -0.05) is 42.8 Å². The van der Waals surface area contributed by atoms with Crippen molar-refractivity contribution >= 4 is 18.2 Å². The lowest BCUT2D eigenvalue weighted by Gasteiger charge is -2.27. The van der Waals surface area contributed by atoms with Gasteiger partial charge in [-0.2, -0.15) is 0 Å². The van der Waals surface area contributed by atoms with Crippen LogP contribution in [0.1, 0.15) is 29.6 Å². The molecule has 1 aliphatic carbocycles. The number of Topliss-reactive ketones (excluding diaryl/α,β-unsaturated/α-hetero) is 1. The lowest BCUT2D eigenvalue weighted by atomic mass is 9.79. The molecule has 1 aliphatic heterocycles. The summed E-state index contributed by atoms with van der Waals surface area (Å²) in [5.74, 6) is 0.254. The smallest absolute Gasteiger partial charge is 0.176 e. The van der Waals surface area contributed by atoms with Crippen LogP contribution in [-0.4, -0.2) is 30.3 Å². The van der Waals surface area contributed by atoms with Crippen molar-refractivity contribution in [2.45, 2.75) is 19.3 Å². The lowest BCUT2D eigenvalue weighted by Crippen LogP contribution is -2.34. The number of carbonyl (C=O) groups excluding carboxylic acids is 1. The molecule has 2 aromatic rings. The number of hydrogen-bond donors (Lipinski definition) is 0. The number of halogens is 1. The molecular formula is C19H20ClNO. The second-order valence-corrected chi connectivity index (χ2v) is 6.07. The number of benzene rings is 2. The monoisotopic (exact) mass is 313 g/mol. The van der Waals surface area contributed by atoms with E-state index in [1.54, 1.807) is 0 Å². The van der Waals surface area contributed by atoms with Gasteiger partial charge < -0.3 is 0 Å². The van der Waals surface area contributed by atoms with E-state index in [0.717, 1.165) is 18.7 Å². The zero-order valence-corrected chi connectivity index (χ0v) is 13.4. The molecule has 114 valence electrons. The summed E-state index contributed by atoms with van der Waals surface area (Å²) in [6, 6.07) is 14.6. The first-order valence-electron chi connectivity index (χ1n) is 7.82. The van der Waals surface area contributed by atoms with Gasteiger partial charge >= 0.3 is 0 Å². The number of carbonyl (C=O) groups is 1. The molecule has 2 aliphatic rings. The van der Waals surface area contributed by atoms with Gasteiger partial charge in [-0.3, -0.25) is 9.69 Å². The molecule has 1 saturated heterocycles. The average Bonchev–Trinajstić information content (AvgIpc) is 2.53. The summed E-state index contributed by atoms with van der Waals surface area (Å²) in [6.07, 6.45) is 3.76. The quantitative estimate of drug-likeness (QED) is 0.667. The van der Waals surface area contributed by atoms with Crippen molar-refractivity contribution in [2.75, 3.05) is 19.6 Å². The minimum Gasteiger partial charge on any atom is -0.296 e. The molecule has 0 radical (unpaired) electrons. The summed E-state index contributed by atoms with van der Waals surface area (Å²) >= 11 is 0. The first-order chi connectivity index (χ1) is 10.3. The summed E-state index contributed by atoms with van der Waals surface area (Å²) in [5, 5.41) is 0. The molecular weight excluding hydrogens is 294 g/mol. The number of rotatable bonds is 3. The largest absolute Gasteiger partial charge is 0.296 e. The molecule has 0 spiro atoms. The predicted molar refractivity (Wildman–Crippen MR) is 92.7 cm³/mol. The molecule has 2 aromatic carbocycles. The Hall–Kier alpha value is -1.64. The van der Waals surface area contributed by atoms with Crippen molar-refractivity contribution in [1.82, 2.24) is 4.90 Å². The van der Waals surface area contributed by atoms with Crippen LogP contribution in [-0.2, 0) is 0 Å². The summed E-state index contributed by atoms with van der Waals surface area (Å²) in [7, 11) is 0. The van der Waals surface area contributed by atoms with Crippen molar-refractivity contribution < 1.29 is 4.79 Å². The third kappa shape index (κ3) is 2.57. The Balaban J connectivity index is 0.00000144. The van der Waals surface area contributed by atoms with Crippen LogP contribution in [0, 0.1) is 0 Å². The number of likely N-dealkylation sites (tertiary alicyclic amines) is 1. The van der Waals surface area contributed by atoms with Crippen molar-refractivity contribution in [3.8, 4) is 22.3 Å². The normalized spacial score (nSPS) is 16.0. The van der Waals surface area contributed by atoms with Gasteiger partial charge in [-0.15, -0.1) is 12.4 Å². The highest BCUT2D eigenvalue weighted by Gasteiger charge is 2.23. The molecule has 0 saturated carbocycles. The molecule has 0 atom stereocenters. The molecule has 0 bridgehead atoms. The van der Waals surface area contributed by atoms with Gasteiger partial charge in [0.05, 0.1) is 6.54 Å². The number of piperidine rings is 1. The van der Waals surface area contributed by atoms with E-state index >= 15 is 0 Å². The molecule has 4 rings (SSSR count). The molecule has 0 amide bonds. The van der Waals surface area contributed by atoms with Crippen molar-refractivity contribution in [2.24, 2.45) is 0 Å². The van der Waals surface area contributed by atoms with Crippen LogP contribution in [0.3, 0.4) is 0 Å². The van der Waals surface area contributed by atoms with Gasteiger partial charge in [0.1, 0.15) is 0 Å². The predicted octanol–water partition coefficient (Wildman–Crippen LogP) is 4.42. The standard InChI is InChI=1S/C19H19NO.ClH/c21-19(13-20-10-4-1-5-11-20)14-8-9-17-15-6-2-3-7-16(15)18(17)12-14;/h2-3,6-9,12H,1,4-5,10-11,13H2;1H. The van der Waals surface area contributed by atoms with Crippen LogP contribution < -0.4 is 0 Å². The van der Waals surface area contributed by atoms with Gasteiger partial charge in [-0.05, 0) is 54.3 Å². The summed E-state index contributed by atoms with van der Waals surface area (Å²) in [4.78, 5) is 14.8. The second-order valence-electron chi connectivity index (χ2n) is 6.07. The molecule has 22 heavy (non-hydrogen) atoms. The first kappa shape index (κ1) is 15.3. The number of fused-ring (bicyclic) bond motifs is 4. The van der Waals surface area contributed by atoms with Gasteiger partial charge in [0.15, 0.2) is 5.78 Å². The van der Waals surface area contributed by atoms with Crippen LogP contribution in [0.2, 0.25) is 0 Å².